The summed E-state index contributed by atoms with van der Waals surface area (Å²) >= 11 is 1.94. The van der Waals surface area contributed by atoms with Crippen LogP contribution in [0.2, 0.25) is 0 Å². The molecule has 0 aromatic carbocycles. The van der Waals surface area contributed by atoms with Crippen molar-refractivity contribution in [3.8, 4) is 0 Å². The minimum Gasteiger partial charge on any atom is -0.317 e. The first-order valence-corrected chi connectivity index (χ1v) is 6.33. The van der Waals surface area contributed by atoms with Gasteiger partial charge in [-0.05, 0) is 55.7 Å². The number of rotatable bonds is 2. The number of hydrogen-bond acceptors (Lipinski definition) is 2. The molecule has 0 radical (unpaired) electrons. The Balaban J connectivity index is 2.18. The van der Waals surface area contributed by atoms with Crippen LogP contribution in [0.25, 0.3) is 0 Å². The van der Waals surface area contributed by atoms with E-state index >= 15 is 0 Å². The predicted octanol–water partition coefficient (Wildman–Crippen LogP) is 3.16. The van der Waals surface area contributed by atoms with Crippen LogP contribution in [-0.4, -0.2) is 13.1 Å². The molecule has 3 unspecified atom stereocenters. The van der Waals surface area contributed by atoms with Gasteiger partial charge in [0.2, 0.25) is 0 Å². The lowest BCUT2D eigenvalue weighted by molar-refractivity contribution is 0.431. The van der Waals surface area contributed by atoms with Crippen molar-refractivity contribution < 1.29 is 0 Å². The molecule has 0 bridgehead atoms. The van der Waals surface area contributed by atoms with Crippen LogP contribution in [0, 0.1) is 12.8 Å². The molecule has 2 rings (SSSR count). The van der Waals surface area contributed by atoms with Gasteiger partial charge in [0.25, 0.3) is 0 Å². The highest BCUT2D eigenvalue weighted by Crippen LogP contribution is 2.42. The van der Waals surface area contributed by atoms with Crippen LogP contribution in [0.15, 0.2) is 11.4 Å². The maximum atomic E-state index is 3.43. The minimum absolute atomic E-state index is 0.724. The van der Waals surface area contributed by atoms with Crippen LogP contribution in [-0.2, 0) is 0 Å². The minimum atomic E-state index is 0.724. The van der Waals surface area contributed by atoms with Crippen molar-refractivity contribution >= 4 is 11.3 Å². The van der Waals surface area contributed by atoms with Crippen molar-refractivity contribution in [3.05, 3.63) is 21.9 Å². The maximum Gasteiger partial charge on any atom is 0.0109 e. The zero-order valence-corrected chi connectivity index (χ0v) is 10.0. The van der Waals surface area contributed by atoms with Gasteiger partial charge in [0.15, 0.2) is 0 Å². The van der Waals surface area contributed by atoms with Crippen LogP contribution in [0.3, 0.4) is 0 Å². The molecule has 1 aliphatic rings. The standard InChI is InChI=1S/C12H19NS/c1-8-6-7-14-12(8)10-4-5-11(13-3)9(10)2/h6-7,9-11,13H,4-5H2,1-3H3. The lowest BCUT2D eigenvalue weighted by Gasteiger charge is -2.20. The Hall–Kier alpha value is -0.340. The summed E-state index contributed by atoms with van der Waals surface area (Å²) < 4.78 is 0. The molecule has 0 amide bonds. The van der Waals surface area contributed by atoms with E-state index in [0.29, 0.717) is 0 Å². The third-order valence-electron chi connectivity index (χ3n) is 3.67. The van der Waals surface area contributed by atoms with E-state index in [1.54, 1.807) is 4.88 Å². The fraction of sp³-hybridized carbons (Fsp3) is 0.667. The van der Waals surface area contributed by atoms with Crippen LogP contribution in [0.4, 0.5) is 0 Å². The Morgan fingerprint density at radius 2 is 2.21 bits per heavy atom. The van der Waals surface area contributed by atoms with Crippen LogP contribution >= 0.6 is 11.3 Å². The van der Waals surface area contributed by atoms with Gasteiger partial charge >= 0.3 is 0 Å². The van der Waals surface area contributed by atoms with Gasteiger partial charge in [-0.15, -0.1) is 11.3 Å². The van der Waals surface area contributed by atoms with Crippen molar-refractivity contribution in [1.29, 1.82) is 0 Å². The van der Waals surface area contributed by atoms with Crippen LogP contribution in [0.1, 0.15) is 36.1 Å². The average molecular weight is 209 g/mol. The zero-order chi connectivity index (χ0) is 10.1. The summed E-state index contributed by atoms with van der Waals surface area (Å²) in [7, 11) is 2.09. The van der Waals surface area contributed by atoms with Crippen LogP contribution < -0.4 is 5.32 Å². The molecule has 0 saturated heterocycles. The summed E-state index contributed by atoms with van der Waals surface area (Å²) in [5, 5.41) is 5.66. The Kier molecular flexibility index (Phi) is 2.93. The third-order valence-corrected chi connectivity index (χ3v) is 4.82. The largest absolute Gasteiger partial charge is 0.317 e. The second-order valence-corrected chi connectivity index (χ2v) is 5.35. The molecule has 0 spiro atoms. The highest BCUT2D eigenvalue weighted by atomic mass is 32.1. The lowest BCUT2D eigenvalue weighted by Crippen LogP contribution is -2.28. The van der Waals surface area contributed by atoms with E-state index in [-0.39, 0.29) is 0 Å². The number of aryl methyl sites for hydroxylation is 1. The van der Waals surface area contributed by atoms with E-state index < -0.39 is 0 Å². The Morgan fingerprint density at radius 3 is 2.71 bits per heavy atom. The van der Waals surface area contributed by atoms with E-state index in [1.165, 1.54) is 18.4 Å². The predicted molar refractivity (Wildman–Crippen MR) is 63.0 cm³/mol. The van der Waals surface area contributed by atoms with E-state index in [4.69, 9.17) is 0 Å². The van der Waals surface area contributed by atoms with Gasteiger partial charge < -0.3 is 5.32 Å². The summed E-state index contributed by atoms with van der Waals surface area (Å²) in [6, 6.07) is 2.97. The Bertz CT molecular complexity index is 305. The zero-order valence-electron chi connectivity index (χ0n) is 9.21. The molecule has 1 aromatic heterocycles. The summed E-state index contributed by atoms with van der Waals surface area (Å²) in [6.45, 7) is 4.63. The first-order chi connectivity index (χ1) is 6.74. The number of nitrogens with one attached hydrogen (secondary N) is 1. The molecule has 1 heterocycles. The van der Waals surface area contributed by atoms with Gasteiger partial charge in [-0.25, -0.2) is 0 Å². The maximum absolute atomic E-state index is 3.43. The van der Waals surface area contributed by atoms with Crippen molar-refractivity contribution in [1.82, 2.24) is 5.32 Å². The molecule has 1 N–H and O–H groups in total. The van der Waals surface area contributed by atoms with Gasteiger partial charge in [-0.1, -0.05) is 6.92 Å². The van der Waals surface area contributed by atoms with Crippen molar-refractivity contribution in [3.63, 3.8) is 0 Å². The number of hydrogen-bond donors (Lipinski definition) is 1. The molecule has 2 heteroatoms. The summed E-state index contributed by atoms with van der Waals surface area (Å²) in [5.74, 6) is 1.59. The summed E-state index contributed by atoms with van der Waals surface area (Å²) in [4.78, 5) is 1.62. The molecule has 78 valence electrons. The summed E-state index contributed by atoms with van der Waals surface area (Å²) in [5.41, 5.74) is 1.49. The van der Waals surface area contributed by atoms with Crippen molar-refractivity contribution in [2.75, 3.05) is 7.05 Å². The molecule has 3 atom stereocenters. The van der Waals surface area contributed by atoms with Gasteiger partial charge in [0.05, 0.1) is 0 Å². The lowest BCUT2D eigenvalue weighted by atomic mass is 9.93. The molecule has 0 aliphatic heterocycles. The molecule has 1 aliphatic carbocycles. The second kappa shape index (κ2) is 4.03. The highest BCUT2D eigenvalue weighted by molar-refractivity contribution is 7.10. The van der Waals surface area contributed by atoms with E-state index in [1.807, 2.05) is 11.3 Å². The van der Waals surface area contributed by atoms with E-state index in [9.17, 15) is 0 Å². The van der Waals surface area contributed by atoms with Gasteiger partial charge in [0.1, 0.15) is 0 Å². The molecule has 1 nitrogen and oxygen atoms in total. The van der Waals surface area contributed by atoms with Crippen molar-refractivity contribution in [2.45, 2.75) is 38.6 Å². The topological polar surface area (TPSA) is 12.0 Å². The van der Waals surface area contributed by atoms with Gasteiger partial charge in [-0.2, -0.15) is 0 Å². The van der Waals surface area contributed by atoms with Crippen molar-refractivity contribution in [2.24, 2.45) is 5.92 Å². The fourth-order valence-electron chi connectivity index (χ4n) is 2.71. The van der Waals surface area contributed by atoms with Gasteiger partial charge in [-0.3, -0.25) is 0 Å². The Labute approximate surface area is 90.5 Å². The first kappa shape index (κ1) is 10.2. The first-order valence-electron chi connectivity index (χ1n) is 5.45. The van der Waals surface area contributed by atoms with E-state index in [2.05, 4.69) is 37.7 Å². The molecular formula is C12H19NS. The molecule has 1 aromatic rings. The number of thiophene rings is 1. The third kappa shape index (κ3) is 1.61. The molecule has 14 heavy (non-hydrogen) atoms. The highest BCUT2D eigenvalue weighted by Gasteiger charge is 2.33. The SMILES string of the molecule is CNC1CCC(c2sccc2C)C1C. The van der Waals surface area contributed by atoms with Crippen LogP contribution in [0.5, 0.6) is 0 Å². The monoisotopic (exact) mass is 209 g/mol. The molecule has 1 saturated carbocycles. The smallest absolute Gasteiger partial charge is 0.0109 e. The quantitative estimate of drug-likeness (QED) is 0.789. The second-order valence-electron chi connectivity index (χ2n) is 4.41. The average Bonchev–Trinajstić information content (AvgIpc) is 2.72. The molecule has 1 fully saturated rings. The van der Waals surface area contributed by atoms with Gasteiger partial charge in [0, 0.05) is 10.9 Å². The Morgan fingerprint density at radius 1 is 1.43 bits per heavy atom. The summed E-state index contributed by atoms with van der Waals surface area (Å²) in [6.07, 6.45) is 2.69. The fourth-order valence-corrected chi connectivity index (χ4v) is 3.89. The molecular weight excluding hydrogens is 190 g/mol. The normalized spacial score (nSPS) is 32.4. The van der Waals surface area contributed by atoms with E-state index in [0.717, 1.165) is 17.9 Å².